The highest BCUT2D eigenvalue weighted by atomic mass is 19.3. The maximum atomic E-state index is 12.3. The standard InChI is InChI=1S/C10H13F2N3O2/c11-9(12)6-15(4-2-13)10(17)7-1-3-14-5-8(7)16/h1,3,5,9,16H,2,4,6,13H2. The summed E-state index contributed by atoms with van der Waals surface area (Å²) in [5.41, 5.74) is 5.18. The number of carbonyl (C=O) groups excluding carboxylic acids is 1. The van der Waals surface area contributed by atoms with Crippen LogP contribution in [0.3, 0.4) is 0 Å². The molecule has 0 saturated carbocycles. The van der Waals surface area contributed by atoms with Crippen molar-refractivity contribution in [1.29, 1.82) is 0 Å². The van der Waals surface area contributed by atoms with Crippen LogP contribution in [-0.4, -0.2) is 47.0 Å². The highest BCUT2D eigenvalue weighted by molar-refractivity contribution is 5.96. The van der Waals surface area contributed by atoms with Crippen molar-refractivity contribution in [2.24, 2.45) is 5.73 Å². The molecule has 7 heteroatoms. The molecule has 0 spiro atoms. The minimum Gasteiger partial charge on any atom is -0.505 e. The molecule has 0 aliphatic carbocycles. The fourth-order valence-corrected chi connectivity index (χ4v) is 1.34. The molecule has 1 rings (SSSR count). The number of hydrogen-bond donors (Lipinski definition) is 2. The number of nitrogens with zero attached hydrogens (tertiary/aromatic N) is 2. The van der Waals surface area contributed by atoms with Gasteiger partial charge in [-0.1, -0.05) is 0 Å². The van der Waals surface area contributed by atoms with E-state index in [-0.39, 0.29) is 24.4 Å². The molecule has 1 heterocycles. The molecule has 0 atom stereocenters. The quantitative estimate of drug-likeness (QED) is 0.789. The number of amides is 1. The zero-order valence-electron chi connectivity index (χ0n) is 9.01. The molecule has 0 aromatic carbocycles. The molecular formula is C10H13F2N3O2. The molecule has 1 aromatic heterocycles. The van der Waals surface area contributed by atoms with Gasteiger partial charge in [-0.25, -0.2) is 8.78 Å². The van der Waals surface area contributed by atoms with Crippen molar-refractivity contribution in [3.63, 3.8) is 0 Å². The molecule has 0 radical (unpaired) electrons. The molecule has 0 unspecified atom stereocenters. The lowest BCUT2D eigenvalue weighted by Gasteiger charge is -2.21. The van der Waals surface area contributed by atoms with Gasteiger partial charge in [0.15, 0.2) is 0 Å². The van der Waals surface area contributed by atoms with E-state index in [4.69, 9.17) is 5.73 Å². The number of pyridine rings is 1. The second kappa shape index (κ2) is 6.09. The first kappa shape index (κ1) is 13.3. The lowest BCUT2D eigenvalue weighted by molar-refractivity contribution is 0.0560. The van der Waals surface area contributed by atoms with Crippen LogP contribution in [0, 0.1) is 0 Å². The maximum absolute atomic E-state index is 12.3. The molecule has 0 saturated heterocycles. The van der Waals surface area contributed by atoms with Crippen LogP contribution in [-0.2, 0) is 0 Å². The van der Waals surface area contributed by atoms with Crippen LogP contribution in [0.5, 0.6) is 5.75 Å². The predicted molar refractivity (Wildman–Crippen MR) is 56.9 cm³/mol. The second-order valence-corrected chi connectivity index (χ2v) is 3.32. The molecule has 94 valence electrons. The molecule has 0 fully saturated rings. The van der Waals surface area contributed by atoms with Crippen molar-refractivity contribution < 1.29 is 18.7 Å². The molecule has 0 aliphatic rings. The summed E-state index contributed by atoms with van der Waals surface area (Å²) in [6.07, 6.45) is -0.263. The summed E-state index contributed by atoms with van der Waals surface area (Å²) in [6.45, 7) is -0.632. The zero-order valence-corrected chi connectivity index (χ0v) is 9.01. The van der Waals surface area contributed by atoms with Gasteiger partial charge in [-0.2, -0.15) is 0 Å². The Labute approximate surface area is 96.9 Å². The van der Waals surface area contributed by atoms with Crippen LogP contribution in [0.1, 0.15) is 10.4 Å². The second-order valence-electron chi connectivity index (χ2n) is 3.32. The summed E-state index contributed by atoms with van der Waals surface area (Å²) in [5, 5.41) is 9.40. The normalized spacial score (nSPS) is 10.6. The third-order valence-corrected chi connectivity index (χ3v) is 2.08. The Morgan fingerprint density at radius 3 is 2.82 bits per heavy atom. The summed E-state index contributed by atoms with van der Waals surface area (Å²) in [7, 11) is 0. The van der Waals surface area contributed by atoms with Crippen LogP contribution < -0.4 is 5.73 Å². The number of halogens is 2. The summed E-state index contributed by atoms with van der Waals surface area (Å²) < 4.78 is 24.6. The number of aromatic hydroxyl groups is 1. The Kier molecular flexibility index (Phi) is 4.77. The van der Waals surface area contributed by atoms with Gasteiger partial charge in [-0.05, 0) is 6.07 Å². The average Bonchev–Trinajstić information content (AvgIpc) is 2.28. The Morgan fingerprint density at radius 1 is 1.59 bits per heavy atom. The zero-order chi connectivity index (χ0) is 12.8. The molecule has 5 nitrogen and oxygen atoms in total. The monoisotopic (exact) mass is 245 g/mol. The van der Waals surface area contributed by atoms with Crippen LogP contribution in [0.15, 0.2) is 18.5 Å². The van der Waals surface area contributed by atoms with E-state index in [1.54, 1.807) is 0 Å². The summed E-state index contributed by atoms with van der Waals surface area (Å²) in [5.74, 6) is -1.02. The van der Waals surface area contributed by atoms with Gasteiger partial charge in [0.1, 0.15) is 5.75 Å². The fourth-order valence-electron chi connectivity index (χ4n) is 1.34. The Bertz CT molecular complexity index is 388. The van der Waals surface area contributed by atoms with Gasteiger partial charge in [0.05, 0.1) is 18.3 Å². The van der Waals surface area contributed by atoms with Crippen molar-refractivity contribution in [3.8, 4) is 5.75 Å². The largest absolute Gasteiger partial charge is 0.505 e. The number of carbonyl (C=O) groups is 1. The Hall–Kier alpha value is -1.76. The van der Waals surface area contributed by atoms with Gasteiger partial charge in [0.25, 0.3) is 12.3 Å². The average molecular weight is 245 g/mol. The third-order valence-electron chi connectivity index (χ3n) is 2.08. The number of hydrogen-bond acceptors (Lipinski definition) is 4. The topological polar surface area (TPSA) is 79.5 Å². The number of rotatable bonds is 5. The first-order chi connectivity index (χ1) is 8.06. The molecule has 0 aliphatic heterocycles. The predicted octanol–water partition coefficient (Wildman–Crippen LogP) is 0.453. The van der Waals surface area contributed by atoms with Gasteiger partial charge in [0.2, 0.25) is 0 Å². The molecule has 0 bridgehead atoms. The van der Waals surface area contributed by atoms with Crippen molar-refractivity contribution >= 4 is 5.91 Å². The van der Waals surface area contributed by atoms with E-state index >= 15 is 0 Å². The van der Waals surface area contributed by atoms with E-state index in [9.17, 15) is 18.7 Å². The van der Waals surface area contributed by atoms with Gasteiger partial charge >= 0.3 is 0 Å². The third kappa shape index (κ3) is 3.63. The van der Waals surface area contributed by atoms with Crippen LogP contribution in [0.4, 0.5) is 8.78 Å². The minimum absolute atomic E-state index is 0.00490. The molecular weight excluding hydrogens is 232 g/mol. The lowest BCUT2D eigenvalue weighted by atomic mass is 10.2. The smallest absolute Gasteiger partial charge is 0.257 e. The first-order valence-electron chi connectivity index (χ1n) is 4.96. The van der Waals surface area contributed by atoms with Crippen molar-refractivity contribution in [2.75, 3.05) is 19.6 Å². The number of aromatic nitrogens is 1. The molecule has 3 N–H and O–H groups in total. The van der Waals surface area contributed by atoms with Crippen LogP contribution >= 0.6 is 0 Å². The maximum Gasteiger partial charge on any atom is 0.257 e. The molecule has 17 heavy (non-hydrogen) atoms. The number of nitrogens with two attached hydrogens (primary N) is 1. The summed E-state index contributed by atoms with van der Waals surface area (Å²) >= 11 is 0. The minimum atomic E-state index is -2.64. The molecule has 1 aromatic rings. The van der Waals surface area contributed by atoms with E-state index in [2.05, 4.69) is 4.98 Å². The molecule has 1 amide bonds. The van der Waals surface area contributed by atoms with E-state index in [1.807, 2.05) is 0 Å². The SMILES string of the molecule is NCCN(CC(F)F)C(=O)c1ccncc1O. The van der Waals surface area contributed by atoms with E-state index < -0.39 is 18.9 Å². The lowest BCUT2D eigenvalue weighted by Crippen LogP contribution is -2.38. The van der Waals surface area contributed by atoms with Gasteiger partial charge in [-0.15, -0.1) is 0 Å². The van der Waals surface area contributed by atoms with Crippen molar-refractivity contribution in [2.45, 2.75) is 6.43 Å². The van der Waals surface area contributed by atoms with Gasteiger partial charge in [-0.3, -0.25) is 9.78 Å². The van der Waals surface area contributed by atoms with Gasteiger partial charge < -0.3 is 15.7 Å². The van der Waals surface area contributed by atoms with E-state index in [1.165, 1.54) is 12.3 Å². The highest BCUT2D eigenvalue weighted by Gasteiger charge is 2.21. The van der Waals surface area contributed by atoms with E-state index in [0.717, 1.165) is 11.1 Å². The fraction of sp³-hybridized carbons (Fsp3) is 0.400. The van der Waals surface area contributed by atoms with Crippen LogP contribution in [0.25, 0.3) is 0 Å². The first-order valence-corrected chi connectivity index (χ1v) is 4.96. The van der Waals surface area contributed by atoms with Crippen molar-refractivity contribution in [3.05, 3.63) is 24.0 Å². The van der Waals surface area contributed by atoms with Gasteiger partial charge in [0, 0.05) is 19.3 Å². The summed E-state index contributed by atoms with van der Waals surface area (Å²) in [6, 6.07) is 1.27. The number of alkyl halides is 2. The Morgan fingerprint density at radius 2 is 2.29 bits per heavy atom. The highest BCUT2D eigenvalue weighted by Crippen LogP contribution is 2.16. The van der Waals surface area contributed by atoms with Crippen LogP contribution in [0.2, 0.25) is 0 Å². The van der Waals surface area contributed by atoms with Crippen molar-refractivity contribution in [1.82, 2.24) is 9.88 Å². The van der Waals surface area contributed by atoms with E-state index in [0.29, 0.717) is 0 Å². The Balaban J connectivity index is 2.88. The summed E-state index contributed by atoms with van der Waals surface area (Å²) in [4.78, 5) is 16.3.